The molecule has 16 heavy (non-hydrogen) atoms. The zero-order chi connectivity index (χ0) is 11.4. The van der Waals surface area contributed by atoms with Gasteiger partial charge in [-0.15, -0.1) is 11.3 Å². The molecule has 0 fully saturated rings. The molecule has 1 atom stereocenters. The Morgan fingerprint density at radius 1 is 1.56 bits per heavy atom. The van der Waals surface area contributed by atoms with Crippen LogP contribution in [0, 0.1) is 0 Å². The molecule has 0 radical (unpaired) electrons. The SMILES string of the molecule is CSCC(C)NCc1cnc2ccsc2c1. The van der Waals surface area contributed by atoms with Crippen LogP contribution in [0.1, 0.15) is 12.5 Å². The van der Waals surface area contributed by atoms with E-state index in [4.69, 9.17) is 0 Å². The Morgan fingerprint density at radius 3 is 3.25 bits per heavy atom. The summed E-state index contributed by atoms with van der Waals surface area (Å²) in [6.45, 7) is 3.12. The van der Waals surface area contributed by atoms with Crippen LogP contribution in [0.5, 0.6) is 0 Å². The number of hydrogen-bond acceptors (Lipinski definition) is 4. The minimum absolute atomic E-state index is 0.550. The third kappa shape index (κ3) is 2.97. The molecule has 0 bridgehead atoms. The summed E-state index contributed by atoms with van der Waals surface area (Å²) in [6.07, 6.45) is 4.10. The first-order valence-corrected chi connectivity index (χ1v) is 7.61. The standard InChI is InChI=1S/C12H16N2S2/c1-9(8-15-2)13-6-10-5-12-11(14-7-10)3-4-16-12/h3-5,7,9,13H,6,8H2,1-2H3. The van der Waals surface area contributed by atoms with Crippen LogP contribution in [0.2, 0.25) is 0 Å². The van der Waals surface area contributed by atoms with Crippen molar-refractivity contribution in [2.45, 2.75) is 19.5 Å². The van der Waals surface area contributed by atoms with Crippen molar-refractivity contribution in [3.05, 3.63) is 29.3 Å². The molecule has 0 saturated carbocycles. The van der Waals surface area contributed by atoms with E-state index in [-0.39, 0.29) is 0 Å². The maximum absolute atomic E-state index is 4.43. The fraction of sp³-hybridized carbons (Fsp3) is 0.417. The molecule has 86 valence electrons. The minimum atomic E-state index is 0.550. The Morgan fingerprint density at radius 2 is 2.44 bits per heavy atom. The van der Waals surface area contributed by atoms with Gasteiger partial charge in [-0.05, 0) is 36.3 Å². The Kier molecular flexibility index (Phi) is 4.21. The van der Waals surface area contributed by atoms with Gasteiger partial charge in [0.15, 0.2) is 0 Å². The number of rotatable bonds is 5. The van der Waals surface area contributed by atoms with Gasteiger partial charge in [0, 0.05) is 24.5 Å². The molecule has 0 saturated heterocycles. The van der Waals surface area contributed by atoms with Crippen molar-refractivity contribution in [2.75, 3.05) is 12.0 Å². The van der Waals surface area contributed by atoms with Gasteiger partial charge in [-0.2, -0.15) is 11.8 Å². The summed E-state index contributed by atoms with van der Waals surface area (Å²) in [7, 11) is 0. The number of aromatic nitrogens is 1. The molecule has 1 unspecified atom stereocenters. The summed E-state index contributed by atoms with van der Waals surface area (Å²) in [5.74, 6) is 1.15. The molecule has 2 aromatic heterocycles. The van der Waals surface area contributed by atoms with Crippen LogP contribution >= 0.6 is 23.1 Å². The van der Waals surface area contributed by atoms with Crippen LogP contribution in [0.15, 0.2) is 23.7 Å². The second-order valence-corrected chi connectivity index (χ2v) is 5.74. The van der Waals surface area contributed by atoms with E-state index >= 15 is 0 Å². The van der Waals surface area contributed by atoms with Gasteiger partial charge in [0.25, 0.3) is 0 Å². The lowest BCUT2D eigenvalue weighted by molar-refractivity contribution is 0.596. The van der Waals surface area contributed by atoms with E-state index in [9.17, 15) is 0 Å². The molecule has 0 amide bonds. The quantitative estimate of drug-likeness (QED) is 0.885. The second kappa shape index (κ2) is 5.66. The largest absolute Gasteiger partial charge is 0.309 e. The van der Waals surface area contributed by atoms with Crippen molar-refractivity contribution in [1.82, 2.24) is 10.3 Å². The van der Waals surface area contributed by atoms with Crippen LogP contribution in [0.3, 0.4) is 0 Å². The van der Waals surface area contributed by atoms with Crippen molar-refractivity contribution < 1.29 is 0 Å². The lowest BCUT2D eigenvalue weighted by Crippen LogP contribution is -2.27. The second-order valence-electron chi connectivity index (χ2n) is 3.88. The van der Waals surface area contributed by atoms with Gasteiger partial charge in [-0.1, -0.05) is 0 Å². The van der Waals surface area contributed by atoms with Crippen LogP contribution in [0.25, 0.3) is 10.2 Å². The minimum Gasteiger partial charge on any atom is -0.309 e. The molecule has 2 rings (SSSR count). The van der Waals surface area contributed by atoms with Crippen LogP contribution in [0.4, 0.5) is 0 Å². The number of pyridine rings is 1. The van der Waals surface area contributed by atoms with E-state index in [0.29, 0.717) is 6.04 Å². The van der Waals surface area contributed by atoms with Gasteiger partial charge >= 0.3 is 0 Å². The summed E-state index contributed by atoms with van der Waals surface area (Å²) >= 11 is 3.62. The summed E-state index contributed by atoms with van der Waals surface area (Å²) < 4.78 is 1.27. The van der Waals surface area contributed by atoms with E-state index in [2.05, 4.69) is 41.0 Å². The van der Waals surface area contributed by atoms with E-state index in [1.54, 1.807) is 11.3 Å². The van der Waals surface area contributed by atoms with E-state index in [1.165, 1.54) is 10.3 Å². The monoisotopic (exact) mass is 252 g/mol. The highest BCUT2D eigenvalue weighted by atomic mass is 32.2. The summed E-state index contributed by atoms with van der Waals surface area (Å²) in [4.78, 5) is 4.43. The first-order valence-electron chi connectivity index (χ1n) is 5.34. The number of hydrogen-bond donors (Lipinski definition) is 1. The zero-order valence-corrected chi connectivity index (χ0v) is 11.2. The molecule has 2 heterocycles. The Labute approximate surface area is 104 Å². The fourth-order valence-electron chi connectivity index (χ4n) is 1.58. The molecule has 0 aliphatic rings. The van der Waals surface area contributed by atoms with E-state index in [0.717, 1.165) is 17.8 Å². The predicted octanol–water partition coefficient (Wildman–Crippen LogP) is 3.14. The zero-order valence-electron chi connectivity index (χ0n) is 9.56. The van der Waals surface area contributed by atoms with Crippen molar-refractivity contribution in [2.24, 2.45) is 0 Å². The highest BCUT2D eigenvalue weighted by Crippen LogP contribution is 2.19. The van der Waals surface area contributed by atoms with E-state index < -0.39 is 0 Å². The molecule has 0 aliphatic heterocycles. The van der Waals surface area contributed by atoms with Gasteiger partial charge in [0.2, 0.25) is 0 Å². The third-order valence-corrected chi connectivity index (χ3v) is 4.12. The van der Waals surface area contributed by atoms with Crippen molar-refractivity contribution >= 4 is 33.3 Å². The van der Waals surface area contributed by atoms with Gasteiger partial charge in [-0.3, -0.25) is 4.98 Å². The predicted molar refractivity (Wildman–Crippen MR) is 74.3 cm³/mol. The molecule has 0 aromatic carbocycles. The Balaban J connectivity index is 1.98. The normalized spacial score (nSPS) is 13.1. The Hall–Kier alpha value is -0.580. The lowest BCUT2D eigenvalue weighted by atomic mass is 10.2. The molecule has 2 nitrogen and oxygen atoms in total. The highest BCUT2D eigenvalue weighted by molar-refractivity contribution is 7.98. The highest BCUT2D eigenvalue weighted by Gasteiger charge is 2.02. The number of thioether (sulfide) groups is 1. The molecule has 4 heteroatoms. The smallest absolute Gasteiger partial charge is 0.0809 e. The fourth-order valence-corrected chi connectivity index (χ4v) is 3.01. The molecule has 1 N–H and O–H groups in total. The molecule has 2 aromatic rings. The summed E-state index contributed by atoms with van der Waals surface area (Å²) in [5, 5.41) is 5.59. The van der Waals surface area contributed by atoms with Crippen LogP contribution in [-0.2, 0) is 6.54 Å². The van der Waals surface area contributed by atoms with Crippen LogP contribution < -0.4 is 5.32 Å². The summed E-state index contributed by atoms with van der Waals surface area (Å²) in [5.41, 5.74) is 2.37. The van der Waals surface area contributed by atoms with Gasteiger partial charge < -0.3 is 5.32 Å². The van der Waals surface area contributed by atoms with Crippen molar-refractivity contribution in [3.8, 4) is 0 Å². The van der Waals surface area contributed by atoms with Crippen LogP contribution in [-0.4, -0.2) is 23.0 Å². The molecular formula is C12H16N2S2. The first-order chi connectivity index (χ1) is 7.79. The third-order valence-electron chi connectivity index (χ3n) is 2.43. The average Bonchev–Trinajstić information content (AvgIpc) is 2.74. The Bertz CT molecular complexity index is 453. The molecule has 0 spiro atoms. The average molecular weight is 252 g/mol. The number of fused-ring (bicyclic) bond motifs is 1. The van der Waals surface area contributed by atoms with Crippen molar-refractivity contribution in [1.29, 1.82) is 0 Å². The van der Waals surface area contributed by atoms with Gasteiger partial charge in [0.1, 0.15) is 0 Å². The number of nitrogens with one attached hydrogen (secondary N) is 1. The number of thiophene rings is 1. The van der Waals surface area contributed by atoms with Gasteiger partial charge in [-0.25, -0.2) is 0 Å². The summed E-state index contributed by atoms with van der Waals surface area (Å²) in [6, 6.07) is 4.84. The topological polar surface area (TPSA) is 24.9 Å². The first kappa shape index (κ1) is 11.9. The maximum atomic E-state index is 4.43. The van der Waals surface area contributed by atoms with E-state index in [1.807, 2.05) is 18.0 Å². The lowest BCUT2D eigenvalue weighted by Gasteiger charge is -2.11. The molecule has 0 aliphatic carbocycles. The maximum Gasteiger partial charge on any atom is 0.0809 e. The molecular weight excluding hydrogens is 236 g/mol. The van der Waals surface area contributed by atoms with Crippen molar-refractivity contribution in [3.63, 3.8) is 0 Å². The van der Waals surface area contributed by atoms with Gasteiger partial charge in [0.05, 0.1) is 10.2 Å². The number of nitrogens with zero attached hydrogens (tertiary/aromatic N) is 1.